The first-order chi connectivity index (χ1) is 13.8. The number of nitrogens with one attached hydrogen (secondary N) is 1. The van der Waals surface area contributed by atoms with Crippen molar-refractivity contribution in [2.24, 2.45) is 0 Å². The van der Waals surface area contributed by atoms with Gasteiger partial charge in [-0.25, -0.2) is 14.6 Å². The van der Waals surface area contributed by atoms with Crippen LogP contribution >= 0.6 is 0 Å². The molecule has 0 spiro atoms. The monoisotopic (exact) mass is 396 g/mol. The number of aromatic amines is 1. The fourth-order valence-corrected chi connectivity index (χ4v) is 2.98. The first-order valence-electron chi connectivity index (χ1n) is 8.87. The molecule has 3 aromatic rings. The lowest BCUT2D eigenvalue weighted by Crippen LogP contribution is -2.24. The van der Waals surface area contributed by atoms with E-state index in [4.69, 9.17) is 13.9 Å². The molecule has 2 aromatic heterocycles. The molecule has 1 unspecified atom stereocenters. The van der Waals surface area contributed by atoms with Crippen LogP contribution in [0.15, 0.2) is 34.8 Å². The van der Waals surface area contributed by atoms with Gasteiger partial charge in [0.15, 0.2) is 11.7 Å². The summed E-state index contributed by atoms with van der Waals surface area (Å²) < 4.78 is 15.4. The molecule has 0 aliphatic carbocycles. The van der Waals surface area contributed by atoms with Crippen LogP contribution < -0.4 is 0 Å². The lowest BCUT2D eigenvalue weighted by Gasteiger charge is -2.10. The summed E-state index contributed by atoms with van der Waals surface area (Å²) in [5.74, 6) is -1.46. The van der Waals surface area contributed by atoms with E-state index < -0.39 is 23.8 Å². The molecule has 1 atom stereocenters. The van der Waals surface area contributed by atoms with Gasteiger partial charge >= 0.3 is 11.9 Å². The maximum Gasteiger partial charge on any atom is 0.339 e. The molecule has 0 radical (unpaired) electrons. The van der Waals surface area contributed by atoms with Gasteiger partial charge in [-0.15, -0.1) is 0 Å². The molecule has 8 nitrogen and oxygen atoms in total. The summed E-state index contributed by atoms with van der Waals surface area (Å²) >= 11 is 0. The smallest absolute Gasteiger partial charge is 0.339 e. The van der Waals surface area contributed by atoms with Gasteiger partial charge in [-0.2, -0.15) is 0 Å². The minimum atomic E-state index is -1.06. The van der Waals surface area contributed by atoms with Crippen LogP contribution in [0.25, 0.3) is 17.2 Å². The van der Waals surface area contributed by atoms with Gasteiger partial charge in [-0.05, 0) is 38.5 Å². The maximum atomic E-state index is 12.7. The van der Waals surface area contributed by atoms with Crippen LogP contribution in [0.4, 0.5) is 0 Å². The zero-order valence-electron chi connectivity index (χ0n) is 16.4. The van der Waals surface area contributed by atoms with Crippen molar-refractivity contribution in [3.8, 4) is 0 Å². The average Bonchev–Trinajstić information content (AvgIpc) is 3.25. The van der Waals surface area contributed by atoms with E-state index in [1.54, 1.807) is 26.0 Å². The van der Waals surface area contributed by atoms with Crippen LogP contribution in [0.5, 0.6) is 0 Å². The van der Waals surface area contributed by atoms with Gasteiger partial charge in [0, 0.05) is 17.8 Å². The molecule has 0 aliphatic rings. The van der Waals surface area contributed by atoms with E-state index in [1.165, 1.54) is 20.1 Å². The first kappa shape index (κ1) is 20.1. The summed E-state index contributed by atoms with van der Waals surface area (Å²) in [4.78, 5) is 43.7. The van der Waals surface area contributed by atoms with Crippen LogP contribution in [-0.4, -0.2) is 40.9 Å². The quantitative estimate of drug-likeness (QED) is 0.386. The van der Waals surface area contributed by atoms with Crippen molar-refractivity contribution in [2.45, 2.75) is 26.9 Å². The Morgan fingerprint density at radius 1 is 1.21 bits per heavy atom. The number of rotatable bonds is 6. The number of Topliss-reactive ketones (excluding diaryl/α,β-unsaturated/α-hetero) is 1. The summed E-state index contributed by atoms with van der Waals surface area (Å²) in [5.41, 5.74) is 2.72. The Bertz CT molecular complexity index is 1090. The fourth-order valence-electron chi connectivity index (χ4n) is 2.98. The SMILES string of the molecule is COC(=O)c1c(C)[nH]c(C(=O)C(C)OC(=O)/C=C/c2nc3ccccc3o2)c1C. The number of oxazole rings is 1. The first-order valence-corrected chi connectivity index (χ1v) is 8.87. The lowest BCUT2D eigenvalue weighted by atomic mass is 10.1. The second kappa shape index (κ2) is 8.14. The van der Waals surface area contributed by atoms with E-state index >= 15 is 0 Å². The molecule has 1 N–H and O–H groups in total. The van der Waals surface area contributed by atoms with E-state index in [0.29, 0.717) is 27.9 Å². The molecule has 0 bridgehead atoms. The Balaban J connectivity index is 1.69. The normalized spacial score (nSPS) is 12.3. The zero-order valence-corrected chi connectivity index (χ0v) is 16.4. The van der Waals surface area contributed by atoms with Gasteiger partial charge in [0.2, 0.25) is 11.7 Å². The van der Waals surface area contributed by atoms with E-state index in [0.717, 1.165) is 6.08 Å². The summed E-state index contributed by atoms with van der Waals surface area (Å²) in [6.07, 6.45) is 1.46. The summed E-state index contributed by atoms with van der Waals surface area (Å²) in [6, 6.07) is 7.20. The van der Waals surface area contributed by atoms with Crippen molar-refractivity contribution >= 4 is 34.9 Å². The Kier molecular flexibility index (Phi) is 5.63. The number of aryl methyl sites for hydroxylation is 1. The van der Waals surface area contributed by atoms with Gasteiger partial charge in [0.05, 0.1) is 18.4 Å². The van der Waals surface area contributed by atoms with E-state index in [9.17, 15) is 14.4 Å². The number of hydrogen-bond donors (Lipinski definition) is 1. The van der Waals surface area contributed by atoms with Crippen molar-refractivity contribution in [3.63, 3.8) is 0 Å². The molecule has 0 fully saturated rings. The number of benzene rings is 1. The Morgan fingerprint density at radius 3 is 2.62 bits per heavy atom. The highest BCUT2D eigenvalue weighted by atomic mass is 16.5. The van der Waals surface area contributed by atoms with Crippen molar-refractivity contribution in [1.29, 1.82) is 0 Å². The van der Waals surface area contributed by atoms with Gasteiger partial charge in [0.1, 0.15) is 5.52 Å². The van der Waals surface area contributed by atoms with Crippen LogP contribution in [0, 0.1) is 13.8 Å². The number of ketones is 1. The van der Waals surface area contributed by atoms with Crippen molar-refractivity contribution in [2.75, 3.05) is 7.11 Å². The second-order valence-corrected chi connectivity index (χ2v) is 6.41. The topological polar surface area (TPSA) is 111 Å². The summed E-state index contributed by atoms with van der Waals surface area (Å²) in [6.45, 7) is 4.75. The third-order valence-electron chi connectivity index (χ3n) is 4.41. The van der Waals surface area contributed by atoms with Gasteiger partial charge in [-0.3, -0.25) is 4.79 Å². The Hall–Kier alpha value is -3.68. The van der Waals surface area contributed by atoms with Crippen molar-refractivity contribution < 1.29 is 28.3 Å². The van der Waals surface area contributed by atoms with Gasteiger partial charge < -0.3 is 18.9 Å². The predicted octanol–water partition coefficient (Wildman–Crippen LogP) is 3.39. The van der Waals surface area contributed by atoms with Crippen LogP contribution in [0.3, 0.4) is 0 Å². The van der Waals surface area contributed by atoms with Crippen LogP contribution in [0.1, 0.15) is 44.9 Å². The molecule has 29 heavy (non-hydrogen) atoms. The molecule has 2 heterocycles. The molecule has 1 aromatic carbocycles. The standard InChI is InChI=1S/C21H20N2O6/c1-11-18(21(26)27-4)12(2)22-19(11)20(25)13(3)28-17(24)10-9-16-23-14-7-5-6-8-15(14)29-16/h5-10,13,22H,1-4H3/b10-9+. The molecule has 0 amide bonds. The van der Waals surface area contributed by atoms with Gasteiger partial charge in [-0.1, -0.05) is 12.1 Å². The molecule has 3 rings (SSSR count). The molecular weight excluding hydrogens is 376 g/mol. The molecule has 0 saturated carbocycles. The number of fused-ring (bicyclic) bond motifs is 1. The summed E-state index contributed by atoms with van der Waals surface area (Å²) in [7, 11) is 1.27. The molecular formula is C21H20N2O6. The number of carbonyl (C=O) groups is 3. The lowest BCUT2D eigenvalue weighted by molar-refractivity contribution is -0.140. The zero-order chi connectivity index (χ0) is 21.1. The minimum Gasteiger partial charge on any atom is -0.465 e. The van der Waals surface area contributed by atoms with Crippen molar-refractivity contribution in [1.82, 2.24) is 9.97 Å². The van der Waals surface area contributed by atoms with Crippen molar-refractivity contribution in [3.05, 3.63) is 58.7 Å². The van der Waals surface area contributed by atoms with E-state index in [1.807, 2.05) is 12.1 Å². The molecule has 8 heteroatoms. The Morgan fingerprint density at radius 2 is 1.93 bits per heavy atom. The Labute approximate surface area is 166 Å². The number of esters is 2. The number of carbonyl (C=O) groups excluding carboxylic acids is 3. The molecule has 0 saturated heterocycles. The maximum absolute atomic E-state index is 12.7. The average molecular weight is 396 g/mol. The van der Waals surface area contributed by atoms with E-state index in [2.05, 4.69) is 9.97 Å². The highest BCUT2D eigenvalue weighted by molar-refractivity contribution is 6.04. The third kappa shape index (κ3) is 4.11. The van der Waals surface area contributed by atoms with Crippen LogP contribution in [0.2, 0.25) is 0 Å². The highest BCUT2D eigenvalue weighted by Crippen LogP contribution is 2.21. The number of H-pyrrole nitrogens is 1. The fraction of sp³-hybridized carbons (Fsp3) is 0.238. The summed E-state index contributed by atoms with van der Waals surface area (Å²) in [5, 5.41) is 0. The number of aromatic nitrogens is 2. The number of para-hydroxylation sites is 2. The minimum absolute atomic E-state index is 0.200. The largest absolute Gasteiger partial charge is 0.465 e. The second-order valence-electron chi connectivity index (χ2n) is 6.41. The number of nitrogens with zero attached hydrogens (tertiary/aromatic N) is 1. The number of hydrogen-bond acceptors (Lipinski definition) is 7. The number of methoxy groups -OCH3 is 1. The van der Waals surface area contributed by atoms with E-state index in [-0.39, 0.29) is 11.6 Å². The number of ether oxygens (including phenoxy) is 2. The van der Waals surface area contributed by atoms with Crippen LogP contribution in [-0.2, 0) is 14.3 Å². The third-order valence-corrected chi connectivity index (χ3v) is 4.41. The molecule has 150 valence electrons. The predicted molar refractivity (Wildman–Crippen MR) is 105 cm³/mol. The van der Waals surface area contributed by atoms with Gasteiger partial charge in [0.25, 0.3) is 0 Å². The molecule has 0 aliphatic heterocycles. The highest BCUT2D eigenvalue weighted by Gasteiger charge is 2.27.